The van der Waals surface area contributed by atoms with Crippen LogP contribution in [0.3, 0.4) is 0 Å². The molecule has 0 spiro atoms. The van der Waals surface area contributed by atoms with Crippen molar-refractivity contribution in [2.24, 2.45) is 0 Å². The highest BCUT2D eigenvalue weighted by Gasteiger charge is 1.79. The number of phenolic OH excluding ortho intramolecular Hbond substituents is 1. The van der Waals surface area contributed by atoms with Gasteiger partial charge in [0.05, 0.1) is 0 Å². The summed E-state index contributed by atoms with van der Waals surface area (Å²) in [7, 11) is 0. The molecule has 88 valence electrons. The van der Waals surface area contributed by atoms with Crippen LogP contribution in [0, 0.1) is 0 Å². The topological polar surface area (TPSA) is 20.2 Å². The van der Waals surface area contributed by atoms with E-state index < -0.39 is 8.59 Å². The molecule has 0 aliphatic carbocycles. The zero-order valence-electron chi connectivity index (χ0n) is 7.26. The fourth-order valence-corrected chi connectivity index (χ4v) is 0.428. The second-order valence-electron chi connectivity index (χ2n) is 1.83. The van der Waals surface area contributed by atoms with Gasteiger partial charge in [-0.2, -0.15) is 0 Å². The number of para-hydroxylation sites is 1. The third-order valence-electron chi connectivity index (χ3n) is 0.756. The van der Waals surface area contributed by atoms with E-state index in [0.29, 0.717) is 5.75 Å². The molecule has 0 saturated heterocycles. The molecule has 1 nitrogen and oxygen atoms in total. The Morgan fingerprint density at radius 2 is 1.00 bits per heavy atom. The van der Waals surface area contributed by atoms with Gasteiger partial charge in [-0.3, -0.25) is 0 Å². The van der Waals surface area contributed by atoms with Gasteiger partial charge in [0, 0.05) is 0 Å². The molecular weight excluding hydrogens is 325 g/mol. The minimum absolute atomic E-state index is 0.322. The van der Waals surface area contributed by atoms with E-state index in [1.165, 1.54) is 0 Å². The summed E-state index contributed by atoms with van der Waals surface area (Å²) in [6.45, 7) is 0. The van der Waals surface area contributed by atoms with Gasteiger partial charge in [-0.15, -0.1) is 0 Å². The lowest BCUT2D eigenvalue weighted by molar-refractivity contribution is 0.475. The van der Waals surface area contributed by atoms with Crippen molar-refractivity contribution in [1.29, 1.82) is 0 Å². The van der Waals surface area contributed by atoms with Crippen LogP contribution in [0.5, 0.6) is 5.75 Å². The second-order valence-corrected chi connectivity index (χ2v) is 5.79. The molecule has 1 N–H and O–H groups in total. The maximum atomic E-state index is 8.63. The Hall–Kier alpha value is 0.760. The van der Waals surface area contributed by atoms with Gasteiger partial charge in [-0.25, -0.2) is 0 Å². The summed E-state index contributed by atoms with van der Waals surface area (Å²) in [4.78, 5) is 0. The maximum Gasteiger partial charge on any atom is 0.180 e. The van der Waals surface area contributed by atoms with Gasteiger partial charge in [0.15, 0.2) is 8.59 Å². The lowest BCUT2D eigenvalue weighted by Gasteiger charge is -1.82. The molecule has 0 aromatic heterocycles. The lowest BCUT2D eigenvalue weighted by atomic mass is 10.3. The van der Waals surface area contributed by atoms with Crippen LogP contribution in [0.2, 0.25) is 0 Å². The average Bonchev–Trinajstić information content (AvgIpc) is 2.03. The molecule has 0 aliphatic heterocycles. The van der Waals surface area contributed by atoms with Gasteiger partial charge >= 0.3 is 0 Å². The van der Waals surface area contributed by atoms with Gasteiger partial charge < -0.3 is 5.11 Å². The van der Waals surface area contributed by atoms with Gasteiger partial charge in [-0.05, 0) is 12.1 Å². The monoisotopic (exact) mass is 330 g/mol. The Balaban J connectivity index is 0. The molecule has 0 bridgehead atoms. The van der Waals surface area contributed by atoms with Crippen molar-refractivity contribution in [1.82, 2.24) is 0 Å². The van der Waals surface area contributed by atoms with E-state index in [-0.39, 0.29) is 0 Å². The first-order chi connectivity index (χ1) is 6.86. The van der Waals surface area contributed by atoms with E-state index in [4.69, 9.17) is 74.7 Å². The van der Waals surface area contributed by atoms with Crippen LogP contribution < -0.4 is 0 Å². The van der Waals surface area contributed by atoms with Crippen molar-refractivity contribution < 1.29 is 5.11 Å². The molecule has 0 unspecified atom stereocenters. The summed E-state index contributed by atoms with van der Waals surface area (Å²) in [6, 6.07) is 8.71. The highest BCUT2D eigenvalue weighted by atomic mass is 35.6. The second kappa shape index (κ2) is 12.8. The smallest absolute Gasteiger partial charge is 0.180 e. The van der Waals surface area contributed by atoms with E-state index in [1.54, 1.807) is 24.3 Å². The summed E-state index contributed by atoms with van der Waals surface area (Å²) in [6.07, 6.45) is 0. The van der Waals surface area contributed by atoms with E-state index in [0.717, 1.165) is 0 Å². The number of rotatable bonds is 0. The SMILES string of the molecule is ClC(Cl)Cl.ClC(Cl)Cl.Oc1ccccc1. The van der Waals surface area contributed by atoms with Gasteiger partial charge in [0.2, 0.25) is 0 Å². The Morgan fingerprint density at radius 3 is 1.13 bits per heavy atom. The maximum absolute atomic E-state index is 8.63. The zero-order chi connectivity index (χ0) is 12.3. The molecule has 0 saturated carbocycles. The normalized spacial score (nSPS) is 8.80. The molecular formula is C8H8Cl6O. The van der Waals surface area contributed by atoms with Crippen LogP contribution in [-0.4, -0.2) is 13.7 Å². The predicted octanol–water partition coefficient (Wildman–Crippen LogP) is 5.37. The number of alkyl halides is 6. The van der Waals surface area contributed by atoms with Crippen LogP contribution in [-0.2, 0) is 0 Å². The molecule has 1 aromatic carbocycles. The fraction of sp³-hybridized carbons (Fsp3) is 0.250. The van der Waals surface area contributed by atoms with E-state index in [2.05, 4.69) is 0 Å². The van der Waals surface area contributed by atoms with E-state index >= 15 is 0 Å². The third-order valence-corrected chi connectivity index (χ3v) is 0.756. The number of aromatic hydroxyl groups is 1. The van der Waals surface area contributed by atoms with Crippen LogP contribution in [0.15, 0.2) is 30.3 Å². The highest BCUT2D eigenvalue weighted by Crippen LogP contribution is 2.04. The summed E-state index contributed by atoms with van der Waals surface area (Å²) in [5, 5.41) is 8.63. The van der Waals surface area contributed by atoms with Crippen molar-refractivity contribution in [3.8, 4) is 5.75 Å². The van der Waals surface area contributed by atoms with Crippen molar-refractivity contribution >= 4 is 69.6 Å². The predicted molar refractivity (Wildman–Crippen MR) is 70.8 cm³/mol. The summed E-state index contributed by atoms with van der Waals surface area (Å²) < 4.78 is -1.50. The first kappa shape index (κ1) is 18.1. The summed E-state index contributed by atoms with van der Waals surface area (Å²) >= 11 is 28.8. The fourth-order valence-electron chi connectivity index (χ4n) is 0.428. The largest absolute Gasteiger partial charge is 0.508 e. The Kier molecular flexibility index (Phi) is 15.5. The number of benzene rings is 1. The Morgan fingerprint density at radius 1 is 0.733 bits per heavy atom. The molecule has 1 aromatic rings. The van der Waals surface area contributed by atoms with Gasteiger partial charge in [-0.1, -0.05) is 87.8 Å². The summed E-state index contributed by atoms with van der Waals surface area (Å²) in [5.41, 5.74) is 0. The standard InChI is InChI=1S/C6H6O.2CHCl3/c7-6-4-2-1-3-5-6;2*2-1(3)4/h1-5,7H;2*1H. The zero-order valence-corrected chi connectivity index (χ0v) is 11.8. The van der Waals surface area contributed by atoms with Gasteiger partial charge in [0.1, 0.15) is 5.75 Å². The molecule has 1 rings (SSSR count). The molecule has 0 amide bonds. The van der Waals surface area contributed by atoms with Crippen LogP contribution in [0.4, 0.5) is 0 Å². The number of hydrogen-bond donors (Lipinski definition) is 1. The van der Waals surface area contributed by atoms with Crippen molar-refractivity contribution in [3.63, 3.8) is 0 Å². The lowest BCUT2D eigenvalue weighted by Crippen LogP contribution is -1.56. The molecule has 0 fully saturated rings. The van der Waals surface area contributed by atoms with Crippen molar-refractivity contribution in [3.05, 3.63) is 30.3 Å². The number of phenols is 1. The number of halogens is 6. The minimum Gasteiger partial charge on any atom is -0.508 e. The van der Waals surface area contributed by atoms with Crippen molar-refractivity contribution in [2.45, 2.75) is 8.59 Å². The van der Waals surface area contributed by atoms with E-state index in [1.807, 2.05) is 6.07 Å². The molecule has 0 atom stereocenters. The quantitative estimate of drug-likeness (QED) is 0.634. The number of hydrogen-bond acceptors (Lipinski definition) is 1. The van der Waals surface area contributed by atoms with Crippen LogP contribution in [0.25, 0.3) is 0 Å². The van der Waals surface area contributed by atoms with Crippen LogP contribution >= 0.6 is 69.6 Å². The first-order valence-electron chi connectivity index (χ1n) is 3.44. The Bertz CT molecular complexity index is 204. The summed E-state index contributed by atoms with van der Waals surface area (Å²) in [5.74, 6) is 0.322. The molecule has 15 heavy (non-hydrogen) atoms. The molecule has 0 heterocycles. The third kappa shape index (κ3) is 31.3. The first-order valence-corrected chi connectivity index (χ1v) is 6.06. The van der Waals surface area contributed by atoms with Crippen LogP contribution in [0.1, 0.15) is 0 Å². The van der Waals surface area contributed by atoms with Crippen molar-refractivity contribution in [2.75, 3.05) is 0 Å². The average molecular weight is 333 g/mol. The Labute approximate surface area is 119 Å². The van der Waals surface area contributed by atoms with Gasteiger partial charge in [0.25, 0.3) is 0 Å². The molecule has 0 radical (unpaired) electrons. The molecule has 7 heteroatoms. The highest BCUT2D eigenvalue weighted by molar-refractivity contribution is 6.63. The van der Waals surface area contributed by atoms with E-state index in [9.17, 15) is 0 Å². The minimum atomic E-state index is -0.750. The molecule has 0 aliphatic rings.